The van der Waals surface area contributed by atoms with E-state index in [-0.39, 0.29) is 11.3 Å². The third kappa shape index (κ3) is 6.27. The fourth-order valence-electron chi connectivity index (χ4n) is 2.36. The zero-order chi connectivity index (χ0) is 15.9. The summed E-state index contributed by atoms with van der Waals surface area (Å²) in [6.45, 7) is 9.52. The van der Waals surface area contributed by atoms with Gasteiger partial charge in [-0.3, -0.25) is 9.69 Å². The van der Waals surface area contributed by atoms with Crippen molar-refractivity contribution in [3.8, 4) is 0 Å². The quantitative estimate of drug-likeness (QED) is 0.796. The molecular weight excluding hydrogens is 262 g/mol. The predicted octanol–water partition coefficient (Wildman–Crippen LogP) is 1.95. The Morgan fingerprint density at radius 3 is 2.38 bits per heavy atom. The monoisotopic (exact) mass is 291 g/mol. The summed E-state index contributed by atoms with van der Waals surface area (Å²) >= 11 is 0. The molecule has 2 N–H and O–H groups in total. The van der Waals surface area contributed by atoms with Crippen LogP contribution in [-0.2, 0) is 11.3 Å². The number of nitrogens with two attached hydrogens (primary N) is 1. The van der Waals surface area contributed by atoms with Crippen LogP contribution in [0.4, 0.5) is 0 Å². The van der Waals surface area contributed by atoms with E-state index in [0.717, 1.165) is 18.7 Å². The largest absolute Gasteiger partial charge is 0.338 e. The number of likely N-dealkylation sites (N-methyl/N-ethyl adjacent to an activating group) is 2. The maximum Gasteiger partial charge on any atom is 0.237 e. The number of carbonyl (C=O) groups is 1. The van der Waals surface area contributed by atoms with Gasteiger partial charge in [0.1, 0.15) is 0 Å². The summed E-state index contributed by atoms with van der Waals surface area (Å²) in [5.41, 5.74) is 6.95. The molecule has 0 spiro atoms. The lowest BCUT2D eigenvalue weighted by atomic mass is 9.93. The summed E-state index contributed by atoms with van der Waals surface area (Å²) < 4.78 is 0. The van der Waals surface area contributed by atoms with E-state index >= 15 is 0 Å². The van der Waals surface area contributed by atoms with Crippen molar-refractivity contribution in [3.05, 3.63) is 35.9 Å². The minimum atomic E-state index is 0.0332. The Labute approximate surface area is 128 Å². The molecule has 0 atom stereocenters. The molecule has 0 fully saturated rings. The van der Waals surface area contributed by atoms with Crippen molar-refractivity contribution < 1.29 is 4.79 Å². The molecule has 0 aliphatic carbocycles. The van der Waals surface area contributed by atoms with Crippen molar-refractivity contribution in [2.75, 3.05) is 33.2 Å². The first-order valence-corrected chi connectivity index (χ1v) is 7.58. The lowest BCUT2D eigenvalue weighted by Crippen LogP contribution is -2.43. The van der Waals surface area contributed by atoms with Crippen LogP contribution in [0.5, 0.6) is 0 Å². The summed E-state index contributed by atoms with van der Waals surface area (Å²) in [5, 5.41) is 0. The Morgan fingerprint density at radius 1 is 1.24 bits per heavy atom. The average molecular weight is 291 g/mol. The maximum atomic E-state index is 12.4. The van der Waals surface area contributed by atoms with E-state index in [1.165, 1.54) is 0 Å². The standard InChI is InChI=1S/C17H29N3O/c1-5-20(11-15-9-7-6-8-10-15)16(21)12-19(4)14-17(2,3)13-18/h6-10H,5,11-14,18H2,1-4H3. The van der Waals surface area contributed by atoms with Gasteiger partial charge in [-0.15, -0.1) is 0 Å². The van der Waals surface area contributed by atoms with Crippen molar-refractivity contribution in [1.29, 1.82) is 0 Å². The van der Waals surface area contributed by atoms with Gasteiger partial charge in [-0.2, -0.15) is 0 Å². The molecule has 1 aromatic rings. The van der Waals surface area contributed by atoms with Gasteiger partial charge in [0.25, 0.3) is 0 Å². The van der Waals surface area contributed by atoms with E-state index in [9.17, 15) is 4.79 Å². The van der Waals surface area contributed by atoms with Crippen LogP contribution in [0, 0.1) is 5.41 Å². The number of hydrogen-bond acceptors (Lipinski definition) is 3. The summed E-state index contributed by atoms with van der Waals surface area (Å²) in [6, 6.07) is 10.1. The van der Waals surface area contributed by atoms with E-state index in [1.807, 2.05) is 37.1 Å². The molecule has 0 saturated heterocycles. The molecule has 0 bridgehead atoms. The number of rotatable bonds is 8. The van der Waals surface area contributed by atoms with Crippen LogP contribution in [0.25, 0.3) is 0 Å². The Bertz CT molecular complexity index is 431. The zero-order valence-electron chi connectivity index (χ0n) is 13.8. The zero-order valence-corrected chi connectivity index (χ0v) is 13.8. The third-order valence-electron chi connectivity index (χ3n) is 3.61. The van der Waals surface area contributed by atoms with Crippen molar-refractivity contribution in [2.45, 2.75) is 27.3 Å². The molecule has 1 aromatic carbocycles. The molecule has 0 unspecified atom stereocenters. The molecule has 0 saturated carbocycles. The van der Waals surface area contributed by atoms with Gasteiger partial charge in [-0.05, 0) is 31.5 Å². The molecule has 0 heterocycles. The molecule has 118 valence electrons. The van der Waals surface area contributed by atoms with Gasteiger partial charge in [0.15, 0.2) is 0 Å². The normalized spacial score (nSPS) is 11.7. The topological polar surface area (TPSA) is 49.6 Å². The Balaban J connectivity index is 2.55. The highest BCUT2D eigenvalue weighted by Gasteiger charge is 2.21. The van der Waals surface area contributed by atoms with Crippen LogP contribution >= 0.6 is 0 Å². The highest BCUT2D eigenvalue weighted by molar-refractivity contribution is 5.78. The first-order valence-electron chi connectivity index (χ1n) is 7.58. The smallest absolute Gasteiger partial charge is 0.237 e. The van der Waals surface area contributed by atoms with E-state index in [1.54, 1.807) is 0 Å². The van der Waals surface area contributed by atoms with Crippen molar-refractivity contribution in [2.24, 2.45) is 11.1 Å². The van der Waals surface area contributed by atoms with Crippen LogP contribution in [0.1, 0.15) is 26.3 Å². The van der Waals surface area contributed by atoms with Crippen LogP contribution < -0.4 is 5.73 Å². The second-order valence-corrected chi connectivity index (χ2v) is 6.43. The molecule has 0 aliphatic heterocycles. The molecule has 4 heteroatoms. The summed E-state index contributed by atoms with van der Waals surface area (Å²) in [4.78, 5) is 16.4. The van der Waals surface area contributed by atoms with Gasteiger partial charge in [0.2, 0.25) is 5.91 Å². The fraction of sp³-hybridized carbons (Fsp3) is 0.588. The Hall–Kier alpha value is -1.39. The summed E-state index contributed by atoms with van der Waals surface area (Å²) in [7, 11) is 1.98. The third-order valence-corrected chi connectivity index (χ3v) is 3.61. The molecule has 0 radical (unpaired) electrons. The molecule has 4 nitrogen and oxygen atoms in total. The highest BCUT2D eigenvalue weighted by atomic mass is 16.2. The van der Waals surface area contributed by atoms with Crippen LogP contribution in [-0.4, -0.2) is 48.9 Å². The average Bonchev–Trinajstić information content (AvgIpc) is 2.45. The van der Waals surface area contributed by atoms with E-state index in [4.69, 9.17) is 5.73 Å². The maximum absolute atomic E-state index is 12.4. The molecule has 0 aromatic heterocycles. The van der Waals surface area contributed by atoms with Crippen molar-refractivity contribution in [3.63, 3.8) is 0 Å². The minimum absolute atomic E-state index is 0.0332. The second-order valence-electron chi connectivity index (χ2n) is 6.43. The lowest BCUT2D eigenvalue weighted by molar-refractivity contribution is -0.132. The lowest BCUT2D eigenvalue weighted by Gasteiger charge is -2.30. The van der Waals surface area contributed by atoms with Gasteiger partial charge >= 0.3 is 0 Å². The number of hydrogen-bond donors (Lipinski definition) is 1. The number of nitrogens with zero attached hydrogens (tertiary/aromatic N) is 2. The van der Waals surface area contributed by atoms with E-state index in [2.05, 4.69) is 30.9 Å². The minimum Gasteiger partial charge on any atom is -0.338 e. The van der Waals surface area contributed by atoms with Crippen molar-refractivity contribution >= 4 is 5.91 Å². The van der Waals surface area contributed by atoms with Crippen LogP contribution in [0.15, 0.2) is 30.3 Å². The van der Waals surface area contributed by atoms with E-state index < -0.39 is 0 Å². The molecule has 21 heavy (non-hydrogen) atoms. The summed E-state index contributed by atoms with van der Waals surface area (Å²) in [5.74, 6) is 0.164. The van der Waals surface area contributed by atoms with E-state index in [0.29, 0.717) is 19.6 Å². The van der Waals surface area contributed by atoms with Gasteiger partial charge < -0.3 is 10.6 Å². The molecule has 1 amide bonds. The predicted molar refractivity (Wildman–Crippen MR) is 87.9 cm³/mol. The fourth-order valence-corrected chi connectivity index (χ4v) is 2.36. The van der Waals surface area contributed by atoms with Gasteiger partial charge in [-0.1, -0.05) is 44.2 Å². The number of amides is 1. The van der Waals surface area contributed by atoms with Crippen LogP contribution in [0.2, 0.25) is 0 Å². The Kier molecular flexibility index (Phi) is 6.85. The first kappa shape index (κ1) is 17.7. The van der Waals surface area contributed by atoms with Gasteiger partial charge in [0.05, 0.1) is 6.54 Å². The van der Waals surface area contributed by atoms with Crippen molar-refractivity contribution in [1.82, 2.24) is 9.80 Å². The number of benzene rings is 1. The first-order chi connectivity index (χ1) is 9.88. The Morgan fingerprint density at radius 2 is 1.86 bits per heavy atom. The summed E-state index contributed by atoms with van der Waals surface area (Å²) in [6.07, 6.45) is 0. The second kappa shape index (κ2) is 8.15. The highest BCUT2D eigenvalue weighted by Crippen LogP contribution is 2.14. The van der Waals surface area contributed by atoms with Crippen LogP contribution in [0.3, 0.4) is 0 Å². The van der Waals surface area contributed by atoms with Gasteiger partial charge in [-0.25, -0.2) is 0 Å². The molecule has 1 rings (SSSR count). The van der Waals surface area contributed by atoms with Gasteiger partial charge in [0, 0.05) is 19.6 Å². The SMILES string of the molecule is CCN(Cc1ccccc1)C(=O)CN(C)CC(C)(C)CN. The molecular formula is C17H29N3O. The molecule has 0 aliphatic rings. The number of carbonyl (C=O) groups excluding carboxylic acids is 1.